The molecule has 0 bridgehead atoms. The summed E-state index contributed by atoms with van der Waals surface area (Å²) >= 11 is 0. The number of aromatic nitrogens is 3. The molecule has 0 unspecified atom stereocenters. The zero-order valence-electron chi connectivity index (χ0n) is 17.7. The molecule has 0 N–H and O–H groups in total. The van der Waals surface area contributed by atoms with Crippen molar-refractivity contribution in [3.05, 3.63) is 41.7 Å². The zero-order valence-corrected chi connectivity index (χ0v) is 17.7. The average molecular weight is 410 g/mol. The minimum absolute atomic E-state index is 0.0414. The zero-order chi connectivity index (χ0) is 21.3. The van der Waals surface area contributed by atoms with E-state index in [0.29, 0.717) is 41.8 Å². The number of nitrogens with zero attached hydrogens (tertiary/aromatic N) is 4. The lowest BCUT2D eigenvalue weighted by atomic mass is 9.91. The van der Waals surface area contributed by atoms with Crippen molar-refractivity contribution >= 4 is 16.9 Å². The fourth-order valence-corrected chi connectivity index (χ4v) is 4.16. The van der Waals surface area contributed by atoms with Crippen LogP contribution in [0.15, 0.2) is 30.5 Å². The second-order valence-corrected chi connectivity index (χ2v) is 7.36. The first-order valence-electron chi connectivity index (χ1n) is 9.94. The van der Waals surface area contributed by atoms with Crippen molar-refractivity contribution in [2.45, 2.75) is 18.8 Å². The first-order valence-corrected chi connectivity index (χ1v) is 9.94. The Labute approximate surface area is 175 Å². The van der Waals surface area contributed by atoms with Gasteiger partial charge in [0.05, 0.1) is 27.0 Å². The smallest absolute Gasteiger partial charge is 0.254 e. The number of hydrogen-bond donors (Lipinski definition) is 0. The summed E-state index contributed by atoms with van der Waals surface area (Å²) in [5, 5.41) is 5.80. The standard InChI is InChI=1S/C22H26N4O4/c1-25-21-16(6-5-9-23-21)19(24-25)14-7-10-26(11-8-14)22(27)15-12-17(28-2)20(30-4)18(13-15)29-3/h5-6,9,12-14H,7-8,10-11H2,1-4H3. The van der Waals surface area contributed by atoms with Gasteiger partial charge in [-0.15, -0.1) is 0 Å². The molecule has 1 amide bonds. The van der Waals surface area contributed by atoms with Crippen LogP contribution in [0.3, 0.4) is 0 Å². The molecule has 1 saturated heterocycles. The summed E-state index contributed by atoms with van der Waals surface area (Å²) < 4.78 is 17.9. The van der Waals surface area contributed by atoms with Crippen LogP contribution in [0.1, 0.15) is 34.8 Å². The van der Waals surface area contributed by atoms with Gasteiger partial charge in [0.25, 0.3) is 5.91 Å². The molecule has 4 rings (SSSR count). The number of pyridine rings is 1. The summed E-state index contributed by atoms with van der Waals surface area (Å²) in [6.07, 6.45) is 3.50. The molecule has 0 aliphatic carbocycles. The fourth-order valence-electron chi connectivity index (χ4n) is 4.16. The quantitative estimate of drug-likeness (QED) is 0.643. The molecule has 2 aromatic heterocycles. The number of rotatable bonds is 5. The molecule has 0 atom stereocenters. The van der Waals surface area contributed by atoms with E-state index in [9.17, 15) is 4.79 Å². The molecule has 8 nitrogen and oxygen atoms in total. The van der Waals surface area contributed by atoms with E-state index in [-0.39, 0.29) is 5.91 Å². The third kappa shape index (κ3) is 3.42. The van der Waals surface area contributed by atoms with Gasteiger partial charge >= 0.3 is 0 Å². The maximum Gasteiger partial charge on any atom is 0.254 e. The lowest BCUT2D eigenvalue weighted by Crippen LogP contribution is -2.38. The monoisotopic (exact) mass is 410 g/mol. The van der Waals surface area contributed by atoms with Crippen molar-refractivity contribution < 1.29 is 19.0 Å². The van der Waals surface area contributed by atoms with Gasteiger partial charge in [0, 0.05) is 43.2 Å². The molecule has 8 heteroatoms. The molecule has 30 heavy (non-hydrogen) atoms. The number of carbonyl (C=O) groups excluding carboxylic acids is 1. The Balaban J connectivity index is 1.52. The van der Waals surface area contributed by atoms with Crippen LogP contribution >= 0.6 is 0 Å². The number of amides is 1. The van der Waals surface area contributed by atoms with Gasteiger partial charge in [-0.3, -0.25) is 9.48 Å². The number of piperidine rings is 1. The maximum absolute atomic E-state index is 13.1. The second-order valence-electron chi connectivity index (χ2n) is 7.36. The van der Waals surface area contributed by atoms with Crippen molar-refractivity contribution in [3.63, 3.8) is 0 Å². The van der Waals surface area contributed by atoms with E-state index in [1.165, 1.54) is 0 Å². The summed E-state index contributed by atoms with van der Waals surface area (Å²) in [5.41, 5.74) is 2.49. The highest BCUT2D eigenvalue weighted by Gasteiger charge is 2.28. The Bertz CT molecular complexity index is 1050. The van der Waals surface area contributed by atoms with Crippen LogP contribution in [0.2, 0.25) is 0 Å². The van der Waals surface area contributed by atoms with Gasteiger partial charge in [0.2, 0.25) is 5.75 Å². The minimum Gasteiger partial charge on any atom is -0.493 e. The number of fused-ring (bicyclic) bond motifs is 1. The number of carbonyl (C=O) groups is 1. The highest BCUT2D eigenvalue weighted by atomic mass is 16.5. The van der Waals surface area contributed by atoms with Crippen LogP contribution in [-0.4, -0.2) is 60.0 Å². The van der Waals surface area contributed by atoms with Gasteiger partial charge in [0.1, 0.15) is 0 Å². The van der Waals surface area contributed by atoms with Crippen LogP contribution in [0.25, 0.3) is 11.0 Å². The normalized spacial score (nSPS) is 14.7. The highest BCUT2D eigenvalue weighted by molar-refractivity contribution is 5.95. The van der Waals surface area contributed by atoms with E-state index >= 15 is 0 Å². The predicted molar refractivity (Wildman–Crippen MR) is 112 cm³/mol. The highest BCUT2D eigenvalue weighted by Crippen LogP contribution is 2.39. The fraction of sp³-hybridized carbons (Fsp3) is 0.409. The van der Waals surface area contributed by atoms with Crippen molar-refractivity contribution in [2.75, 3.05) is 34.4 Å². The van der Waals surface area contributed by atoms with Crippen molar-refractivity contribution in [2.24, 2.45) is 7.05 Å². The Hall–Kier alpha value is -3.29. The Morgan fingerprint density at radius 2 is 1.73 bits per heavy atom. The summed E-state index contributed by atoms with van der Waals surface area (Å²) in [5.74, 6) is 1.69. The molecule has 1 aromatic carbocycles. The summed E-state index contributed by atoms with van der Waals surface area (Å²) in [6.45, 7) is 1.33. The van der Waals surface area contributed by atoms with Crippen LogP contribution in [0, 0.1) is 0 Å². The molecule has 1 fully saturated rings. The van der Waals surface area contributed by atoms with Gasteiger partial charge in [-0.05, 0) is 37.1 Å². The number of benzene rings is 1. The van der Waals surface area contributed by atoms with Gasteiger partial charge in [0.15, 0.2) is 17.1 Å². The number of ether oxygens (including phenoxy) is 3. The first kappa shape index (κ1) is 20.0. The van der Waals surface area contributed by atoms with Crippen LogP contribution < -0.4 is 14.2 Å². The molecule has 3 aromatic rings. The Kier molecular flexibility index (Phi) is 5.48. The number of methoxy groups -OCH3 is 3. The molecule has 1 aliphatic rings. The number of hydrogen-bond acceptors (Lipinski definition) is 6. The van der Waals surface area contributed by atoms with Gasteiger partial charge in [-0.2, -0.15) is 5.10 Å². The lowest BCUT2D eigenvalue weighted by Gasteiger charge is -2.31. The van der Waals surface area contributed by atoms with Crippen LogP contribution in [0.5, 0.6) is 17.2 Å². The molecule has 3 heterocycles. The number of likely N-dealkylation sites (tertiary alicyclic amines) is 1. The van der Waals surface area contributed by atoms with Crippen LogP contribution in [0.4, 0.5) is 0 Å². The van der Waals surface area contributed by atoms with E-state index < -0.39 is 0 Å². The topological polar surface area (TPSA) is 78.7 Å². The number of aryl methyl sites for hydroxylation is 1. The lowest BCUT2D eigenvalue weighted by molar-refractivity contribution is 0.0711. The van der Waals surface area contributed by atoms with Crippen molar-refractivity contribution in [1.82, 2.24) is 19.7 Å². The van der Waals surface area contributed by atoms with Crippen LogP contribution in [-0.2, 0) is 7.05 Å². The van der Waals surface area contributed by atoms with Crippen molar-refractivity contribution in [1.29, 1.82) is 0 Å². The van der Waals surface area contributed by atoms with E-state index in [4.69, 9.17) is 19.3 Å². The summed E-state index contributed by atoms with van der Waals surface area (Å²) in [4.78, 5) is 19.4. The third-order valence-electron chi connectivity index (χ3n) is 5.71. The first-order chi connectivity index (χ1) is 14.6. The molecule has 0 radical (unpaired) electrons. The van der Waals surface area contributed by atoms with Crippen molar-refractivity contribution in [3.8, 4) is 17.2 Å². The van der Waals surface area contributed by atoms with Gasteiger partial charge in [-0.1, -0.05) is 0 Å². The van der Waals surface area contributed by atoms with E-state index in [2.05, 4.69) is 11.1 Å². The maximum atomic E-state index is 13.1. The SMILES string of the molecule is COc1cc(C(=O)N2CCC(c3nn(C)c4ncccc34)CC2)cc(OC)c1OC. The van der Waals surface area contributed by atoms with E-state index in [0.717, 1.165) is 29.6 Å². The molecule has 0 spiro atoms. The molecule has 0 saturated carbocycles. The largest absolute Gasteiger partial charge is 0.493 e. The van der Waals surface area contributed by atoms with E-state index in [1.54, 1.807) is 39.7 Å². The van der Waals surface area contributed by atoms with Gasteiger partial charge < -0.3 is 19.1 Å². The summed E-state index contributed by atoms with van der Waals surface area (Å²) in [6, 6.07) is 7.41. The molecule has 158 valence electrons. The second kappa shape index (κ2) is 8.22. The Morgan fingerprint density at radius 3 is 2.33 bits per heavy atom. The molecule has 1 aliphatic heterocycles. The molecular formula is C22H26N4O4. The molecular weight excluding hydrogens is 384 g/mol. The predicted octanol–water partition coefficient (Wildman–Crippen LogP) is 3.01. The Morgan fingerprint density at radius 1 is 1.07 bits per heavy atom. The summed E-state index contributed by atoms with van der Waals surface area (Å²) in [7, 11) is 6.55. The van der Waals surface area contributed by atoms with E-state index in [1.807, 2.05) is 22.7 Å². The van der Waals surface area contributed by atoms with Gasteiger partial charge in [-0.25, -0.2) is 4.98 Å². The minimum atomic E-state index is -0.0414. The third-order valence-corrected chi connectivity index (χ3v) is 5.71. The average Bonchev–Trinajstić information content (AvgIpc) is 3.14.